The molecule has 1 fully saturated rings. The van der Waals surface area contributed by atoms with Crippen LogP contribution in [0.25, 0.3) is 11.0 Å². The zero-order valence-corrected chi connectivity index (χ0v) is 12.9. The molecule has 0 spiro atoms. The van der Waals surface area contributed by atoms with Gasteiger partial charge in [0.2, 0.25) is 0 Å². The van der Waals surface area contributed by atoms with Crippen molar-refractivity contribution in [2.45, 2.75) is 58.0 Å². The van der Waals surface area contributed by atoms with Crippen molar-refractivity contribution in [2.24, 2.45) is 11.8 Å². The number of nitrogens with two attached hydrogens (primary N) is 1. The normalized spacial score (nSPS) is 17.6. The van der Waals surface area contributed by atoms with Gasteiger partial charge < -0.3 is 4.57 Å². The minimum Gasteiger partial charge on any atom is -0.328 e. The van der Waals surface area contributed by atoms with Crippen molar-refractivity contribution in [1.82, 2.24) is 15.0 Å². The molecule has 3 N–H and O–H groups in total. The molecule has 0 saturated heterocycles. The van der Waals surface area contributed by atoms with Crippen molar-refractivity contribution in [1.29, 1.82) is 0 Å². The smallest absolute Gasteiger partial charge is 0.111 e. The van der Waals surface area contributed by atoms with E-state index in [4.69, 9.17) is 10.8 Å². The molecule has 1 aromatic heterocycles. The Morgan fingerprint density at radius 3 is 2.81 bits per heavy atom. The Morgan fingerprint density at radius 2 is 2.10 bits per heavy atom. The summed E-state index contributed by atoms with van der Waals surface area (Å²) in [7, 11) is 0. The van der Waals surface area contributed by atoms with Gasteiger partial charge >= 0.3 is 0 Å². The van der Waals surface area contributed by atoms with E-state index in [2.05, 4.69) is 41.2 Å². The largest absolute Gasteiger partial charge is 0.328 e. The van der Waals surface area contributed by atoms with Crippen LogP contribution >= 0.6 is 0 Å². The lowest BCUT2D eigenvalue weighted by Crippen LogP contribution is -2.42. The molecule has 1 aliphatic rings. The number of hydrogen-bond acceptors (Lipinski definition) is 3. The number of nitrogens with zero attached hydrogens (tertiary/aromatic N) is 2. The Balaban J connectivity index is 1.89. The minimum absolute atomic E-state index is 0.347. The molecule has 4 heteroatoms. The summed E-state index contributed by atoms with van der Waals surface area (Å²) in [5.74, 6) is 7.70. The first kappa shape index (κ1) is 14.5. The topological polar surface area (TPSA) is 55.9 Å². The Labute approximate surface area is 126 Å². The number of aromatic nitrogens is 2. The van der Waals surface area contributed by atoms with E-state index in [1.165, 1.54) is 37.0 Å². The number of hydrogen-bond donors (Lipinski definition) is 2. The fourth-order valence-electron chi connectivity index (χ4n) is 3.67. The molecule has 1 atom stereocenters. The van der Waals surface area contributed by atoms with Crippen LogP contribution in [0.5, 0.6) is 0 Å². The Bertz CT molecular complexity index is 583. The molecule has 1 saturated carbocycles. The molecule has 0 radical (unpaired) electrons. The van der Waals surface area contributed by atoms with Crippen LogP contribution < -0.4 is 11.3 Å². The maximum Gasteiger partial charge on any atom is 0.111 e. The maximum atomic E-state index is 5.83. The number of nitrogens with one attached hydrogen (secondary N) is 1. The standard InChI is InChI=1S/C17H26N4/c1-2-11-21-16-10-6-5-9-14(16)19-17(21)12-15(20-18)13-7-3-4-8-13/h5-6,9-10,13,15,20H,2-4,7-8,11-12,18H2,1H3. The second kappa shape index (κ2) is 6.58. The van der Waals surface area contributed by atoms with Gasteiger partial charge in [0.1, 0.15) is 5.82 Å². The van der Waals surface area contributed by atoms with E-state index in [1.54, 1.807) is 0 Å². The van der Waals surface area contributed by atoms with Crippen molar-refractivity contribution >= 4 is 11.0 Å². The summed E-state index contributed by atoms with van der Waals surface area (Å²) in [6, 6.07) is 8.77. The highest BCUT2D eigenvalue weighted by Crippen LogP contribution is 2.29. The average Bonchev–Trinajstić information content (AvgIpc) is 3.14. The predicted molar refractivity (Wildman–Crippen MR) is 86.8 cm³/mol. The van der Waals surface area contributed by atoms with E-state index in [9.17, 15) is 0 Å². The molecule has 1 heterocycles. The summed E-state index contributed by atoms with van der Waals surface area (Å²) in [4.78, 5) is 4.86. The molecule has 0 bridgehead atoms. The number of aryl methyl sites for hydroxylation is 1. The summed E-state index contributed by atoms with van der Waals surface area (Å²) in [6.45, 7) is 3.24. The molecule has 114 valence electrons. The summed E-state index contributed by atoms with van der Waals surface area (Å²) in [5.41, 5.74) is 5.40. The number of para-hydroxylation sites is 2. The maximum absolute atomic E-state index is 5.83. The first-order valence-electron chi connectivity index (χ1n) is 8.23. The summed E-state index contributed by atoms with van der Waals surface area (Å²) in [5, 5.41) is 0. The van der Waals surface area contributed by atoms with Crippen molar-refractivity contribution in [2.75, 3.05) is 0 Å². The van der Waals surface area contributed by atoms with Crippen molar-refractivity contribution in [3.63, 3.8) is 0 Å². The number of hydrazine groups is 1. The summed E-state index contributed by atoms with van der Waals surface area (Å²) in [6.07, 6.45) is 7.32. The van der Waals surface area contributed by atoms with Crippen LogP contribution in [-0.4, -0.2) is 15.6 Å². The van der Waals surface area contributed by atoms with Crippen LogP contribution in [0, 0.1) is 5.92 Å². The fourth-order valence-corrected chi connectivity index (χ4v) is 3.67. The SMILES string of the molecule is CCCn1c(CC(NN)C2CCCC2)nc2ccccc21. The summed E-state index contributed by atoms with van der Waals surface area (Å²) >= 11 is 0. The number of rotatable bonds is 6. The van der Waals surface area contributed by atoms with E-state index in [0.29, 0.717) is 12.0 Å². The highest BCUT2D eigenvalue weighted by molar-refractivity contribution is 5.75. The highest BCUT2D eigenvalue weighted by Gasteiger charge is 2.26. The van der Waals surface area contributed by atoms with Crippen molar-refractivity contribution < 1.29 is 0 Å². The summed E-state index contributed by atoms with van der Waals surface area (Å²) < 4.78 is 2.37. The van der Waals surface area contributed by atoms with Crippen LogP contribution in [-0.2, 0) is 13.0 Å². The van der Waals surface area contributed by atoms with Gasteiger partial charge in [-0.3, -0.25) is 11.3 Å². The minimum atomic E-state index is 0.347. The van der Waals surface area contributed by atoms with Crippen LogP contribution in [0.1, 0.15) is 44.9 Å². The van der Waals surface area contributed by atoms with E-state index in [0.717, 1.165) is 24.9 Å². The van der Waals surface area contributed by atoms with Gasteiger partial charge in [-0.25, -0.2) is 4.98 Å². The van der Waals surface area contributed by atoms with E-state index in [-0.39, 0.29) is 0 Å². The van der Waals surface area contributed by atoms with E-state index in [1.807, 2.05) is 0 Å². The predicted octanol–water partition coefficient (Wildman–Crippen LogP) is 3.01. The van der Waals surface area contributed by atoms with Gasteiger partial charge in [0, 0.05) is 19.0 Å². The van der Waals surface area contributed by atoms with Crippen molar-refractivity contribution in [3.05, 3.63) is 30.1 Å². The Hall–Kier alpha value is -1.39. The van der Waals surface area contributed by atoms with Gasteiger partial charge in [0.05, 0.1) is 11.0 Å². The fraction of sp³-hybridized carbons (Fsp3) is 0.588. The Kier molecular flexibility index (Phi) is 4.56. The lowest BCUT2D eigenvalue weighted by atomic mass is 9.95. The zero-order valence-electron chi connectivity index (χ0n) is 12.9. The molecule has 0 aliphatic heterocycles. The van der Waals surface area contributed by atoms with Gasteiger partial charge in [0.25, 0.3) is 0 Å². The van der Waals surface area contributed by atoms with E-state index >= 15 is 0 Å². The third kappa shape index (κ3) is 2.97. The molecule has 1 aliphatic carbocycles. The van der Waals surface area contributed by atoms with Gasteiger partial charge in [0.15, 0.2) is 0 Å². The molecule has 0 amide bonds. The molecule has 21 heavy (non-hydrogen) atoms. The molecular weight excluding hydrogens is 260 g/mol. The van der Waals surface area contributed by atoms with E-state index < -0.39 is 0 Å². The van der Waals surface area contributed by atoms with Crippen LogP contribution in [0.2, 0.25) is 0 Å². The molecular formula is C17H26N4. The third-order valence-electron chi connectivity index (χ3n) is 4.77. The first-order chi connectivity index (χ1) is 10.3. The van der Waals surface area contributed by atoms with Gasteiger partial charge in [-0.05, 0) is 37.3 Å². The lowest BCUT2D eigenvalue weighted by molar-refractivity contribution is 0.353. The first-order valence-corrected chi connectivity index (χ1v) is 8.23. The number of imidazole rings is 1. The molecule has 1 aromatic carbocycles. The highest BCUT2D eigenvalue weighted by atomic mass is 15.2. The number of fused-ring (bicyclic) bond motifs is 1. The molecule has 3 rings (SSSR count). The van der Waals surface area contributed by atoms with Gasteiger partial charge in [-0.15, -0.1) is 0 Å². The quantitative estimate of drug-likeness (QED) is 0.634. The second-order valence-corrected chi connectivity index (χ2v) is 6.19. The molecule has 1 unspecified atom stereocenters. The van der Waals surface area contributed by atoms with Crippen LogP contribution in [0.3, 0.4) is 0 Å². The lowest BCUT2D eigenvalue weighted by Gasteiger charge is -2.22. The van der Waals surface area contributed by atoms with Crippen LogP contribution in [0.4, 0.5) is 0 Å². The zero-order chi connectivity index (χ0) is 14.7. The van der Waals surface area contributed by atoms with Crippen molar-refractivity contribution in [3.8, 4) is 0 Å². The second-order valence-electron chi connectivity index (χ2n) is 6.19. The third-order valence-corrected chi connectivity index (χ3v) is 4.77. The molecule has 4 nitrogen and oxygen atoms in total. The Morgan fingerprint density at radius 1 is 1.33 bits per heavy atom. The average molecular weight is 286 g/mol. The van der Waals surface area contributed by atoms with Crippen LogP contribution in [0.15, 0.2) is 24.3 Å². The van der Waals surface area contributed by atoms with Gasteiger partial charge in [-0.1, -0.05) is 31.9 Å². The number of benzene rings is 1. The van der Waals surface area contributed by atoms with Gasteiger partial charge in [-0.2, -0.15) is 0 Å². The molecule has 2 aromatic rings. The monoisotopic (exact) mass is 286 g/mol.